The first-order chi connectivity index (χ1) is 6.31. The third-order valence-corrected chi connectivity index (χ3v) is 1.83. The van der Waals surface area contributed by atoms with Gasteiger partial charge in [0.15, 0.2) is 0 Å². The van der Waals surface area contributed by atoms with E-state index in [1.807, 2.05) is 0 Å². The van der Waals surface area contributed by atoms with E-state index < -0.39 is 0 Å². The minimum Gasteiger partial charge on any atom is -0.373 e. The molecular weight excluding hydrogens is 169 g/mol. The molecule has 0 atom stereocenters. The van der Waals surface area contributed by atoms with Gasteiger partial charge in [-0.2, -0.15) is 0 Å². The van der Waals surface area contributed by atoms with Crippen LogP contribution in [-0.2, 0) is 0 Å². The number of nitrogens with zero attached hydrogens (tertiary/aromatic N) is 2. The highest BCUT2D eigenvalue weighted by Gasteiger charge is 2.01. The summed E-state index contributed by atoms with van der Waals surface area (Å²) in [6, 6.07) is 4.43. The van der Waals surface area contributed by atoms with Gasteiger partial charge < -0.3 is 5.32 Å². The first kappa shape index (κ1) is 7.91. The van der Waals surface area contributed by atoms with Gasteiger partial charge in [0.2, 0.25) is 0 Å². The fourth-order valence-electron chi connectivity index (χ4n) is 1.23. The van der Waals surface area contributed by atoms with E-state index in [0.717, 1.165) is 5.52 Å². The molecule has 3 nitrogen and oxygen atoms in total. The van der Waals surface area contributed by atoms with Crippen molar-refractivity contribution in [2.45, 2.75) is 0 Å². The summed E-state index contributed by atoms with van der Waals surface area (Å²) in [5.74, 6) is 0.364. The molecule has 0 amide bonds. The molecule has 0 unspecified atom stereocenters. The number of hydrogen-bond acceptors (Lipinski definition) is 3. The highest BCUT2D eigenvalue weighted by Crippen LogP contribution is 2.18. The van der Waals surface area contributed by atoms with Crippen LogP contribution in [0.4, 0.5) is 10.2 Å². The van der Waals surface area contributed by atoms with Crippen molar-refractivity contribution in [2.24, 2.45) is 0 Å². The summed E-state index contributed by atoms with van der Waals surface area (Å²) in [7, 11) is 1.74. The predicted molar refractivity (Wildman–Crippen MR) is 49.0 cm³/mol. The first-order valence-electron chi connectivity index (χ1n) is 3.89. The number of aromatic nitrogens is 2. The zero-order chi connectivity index (χ0) is 9.26. The Kier molecular flexibility index (Phi) is 1.81. The van der Waals surface area contributed by atoms with Crippen molar-refractivity contribution in [3.63, 3.8) is 0 Å². The SMILES string of the molecule is CNc1ncnc2ccc(F)cc12. The fraction of sp³-hybridized carbons (Fsp3) is 0.111. The van der Waals surface area contributed by atoms with Crippen LogP contribution >= 0.6 is 0 Å². The van der Waals surface area contributed by atoms with E-state index in [2.05, 4.69) is 15.3 Å². The number of benzene rings is 1. The quantitative estimate of drug-likeness (QED) is 0.721. The topological polar surface area (TPSA) is 37.8 Å². The molecule has 1 aromatic heterocycles. The van der Waals surface area contributed by atoms with Crippen molar-refractivity contribution >= 4 is 16.7 Å². The molecule has 1 N–H and O–H groups in total. The molecule has 1 heterocycles. The summed E-state index contributed by atoms with van der Waals surface area (Å²) in [5, 5.41) is 3.58. The van der Waals surface area contributed by atoms with Crippen LogP contribution in [0.2, 0.25) is 0 Å². The lowest BCUT2D eigenvalue weighted by Gasteiger charge is -2.02. The number of halogens is 1. The number of rotatable bonds is 1. The van der Waals surface area contributed by atoms with Crippen LogP contribution in [0.25, 0.3) is 10.9 Å². The van der Waals surface area contributed by atoms with Crippen molar-refractivity contribution in [3.05, 3.63) is 30.3 Å². The van der Waals surface area contributed by atoms with Crippen molar-refractivity contribution in [1.29, 1.82) is 0 Å². The molecule has 0 saturated heterocycles. The smallest absolute Gasteiger partial charge is 0.137 e. The van der Waals surface area contributed by atoms with E-state index >= 15 is 0 Å². The molecule has 2 aromatic rings. The molecule has 4 heteroatoms. The largest absolute Gasteiger partial charge is 0.373 e. The van der Waals surface area contributed by atoms with Gasteiger partial charge in [0.1, 0.15) is 18.0 Å². The summed E-state index contributed by atoms with van der Waals surface area (Å²) >= 11 is 0. The summed E-state index contributed by atoms with van der Waals surface area (Å²) in [6.07, 6.45) is 1.45. The Morgan fingerprint density at radius 3 is 2.92 bits per heavy atom. The number of anilines is 1. The van der Waals surface area contributed by atoms with Crippen LogP contribution in [-0.4, -0.2) is 17.0 Å². The standard InChI is InChI=1S/C9H8FN3/c1-11-9-7-4-6(10)2-3-8(7)12-5-13-9/h2-5H,1H3,(H,11,12,13). The van der Waals surface area contributed by atoms with Gasteiger partial charge >= 0.3 is 0 Å². The number of fused-ring (bicyclic) bond motifs is 1. The molecule has 1 aromatic carbocycles. The lowest BCUT2D eigenvalue weighted by molar-refractivity contribution is 0.629. The van der Waals surface area contributed by atoms with Crippen LogP contribution in [0.1, 0.15) is 0 Å². The average Bonchev–Trinajstić information content (AvgIpc) is 2.17. The van der Waals surface area contributed by atoms with Crippen molar-refractivity contribution < 1.29 is 4.39 Å². The van der Waals surface area contributed by atoms with Crippen LogP contribution < -0.4 is 5.32 Å². The lowest BCUT2D eigenvalue weighted by atomic mass is 10.2. The van der Waals surface area contributed by atoms with E-state index in [0.29, 0.717) is 11.2 Å². The fourth-order valence-corrected chi connectivity index (χ4v) is 1.23. The van der Waals surface area contributed by atoms with E-state index in [1.165, 1.54) is 18.5 Å². The van der Waals surface area contributed by atoms with Crippen LogP contribution in [0.3, 0.4) is 0 Å². The molecule has 0 spiro atoms. The van der Waals surface area contributed by atoms with Crippen molar-refractivity contribution in [2.75, 3.05) is 12.4 Å². The maximum atomic E-state index is 12.9. The van der Waals surface area contributed by atoms with Crippen molar-refractivity contribution in [3.8, 4) is 0 Å². The normalized spacial score (nSPS) is 10.3. The van der Waals surface area contributed by atoms with Gasteiger partial charge in [0.05, 0.1) is 5.52 Å². The van der Waals surface area contributed by atoms with Gasteiger partial charge in [-0.15, -0.1) is 0 Å². The zero-order valence-corrected chi connectivity index (χ0v) is 7.08. The lowest BCUT2D eigenvalue weighted by Crippen LogP contribution is -1.94. The molecule has 2 rings (SSSR count). The molecule has 0 aliphatic heterocycles. The molecule has 0 saturated carbocycles. The maximum Gasteiger partial charge on any atom is 0.137 e. The van der Waals surface area contributed by atoms with Gasteiger partial charge in [-0.3, -0.25) is 0 Å². The minimum absolute atomic E-state index is 0.279. The Bertz CT molecular complexity index is 442. The number of nitrogens with one attached hydrogen (secondary N) is 1. The Morgan fingerprint density at radius 2 is 2.15 bits per heavy atom. The third kappa shape index (κ3) is 1.30. The minimum atomic E-state index is -0.279. The molecule has 0 radical (unpaired) electrons. The van der Waals surface area contributed by atoms with E-state index in [4.69, 9.17) is 0 Å². The predicted octanol–water partition coefficient (Wildman–Crippen LogP) is 1.81. The maximum absolute atomic E-state index is 12.9. The summed E-state index contributed by atoms with van der Waals surface area (Å²) in [4.78, 5) is 7.99. The molecule has 66 valence electrons. The van der Waals surface area contributed by atoms with Gasteiger partial charge in [-0.1, -0.05) is 0 Å². The highest BCUT2D eigenvalue weighted by atomic mass is 19.1. The van der Waals surface area contributed by atoms with Gasteiger partial charge in [-0.25, -0.2) is 14.4 Å². The summed E-state index contributed by atoms with van der Waals surface area (Å²) in [6.45, 7) is 0. The third-order valence-electron chi connectivity index (χ3n) is 1.83. The zero-order valence-electron chi connectivity index (χ0n) is 7.08. The van der Waals surface area contributed by atoms with E-state index in [-0.39, 0.29) is 5.82 Å². The number of hydrogen-bond donors (Lipinski definition) is 1. The molecular formula is C9H8FN3. The molecule has 0 bridgehead atoms. The van der Waals surface area contributed by atoms with Crippen LogP contribution in [0, 0.1) is 5.82 Å². The second-order valence-corrected chi connectivity index (χ2v) is 2.63. The van der Waals surface area contributed by atoms with Crippen LogP contribution in [0.5, 0.6) is 0 Å². The Hall–Kier alpha value is -1.71. The molecule has 13 heavy (non-hydrogen) atoms. The highest BCUT2D eigenvalue weighted by molar-refractivity contribution is 5.88. The molecule has 0 fully saturated rings. The molecule has 0 aliphatic carbocycles. The Labute approximate surface area is 74.6 Å². The van der Waals surface area contributed by atoms with E-state index in [9.17, 15) is 4.39 Å². The van der Waals surface area contributed by atoms with Crippen LogP contribution in [0.15, 0.2) is 24.5 Å². The van der Waals surface area contributed by atoms with Gasteiger partial charge in [-0.05, 0) is 18.2 Å². The summed E-state index contributed by atoms with van der Waals surface area (Å²) in [5.41, 5.74) is 0.737. The monoisotopic (exact) mass is 177 g/mol. The molecule has 0 aliphatic rings. The van der Waals surface area contributed by atoms with E-state index in [1.54, 1.807) is 13.1 Å². The van der Waals surface area contributed by atoms with Crippen molar-refractivity contribution in [1.82, 2.24) is 9.97 Å². The van der Waals surface area contributed by atoms with Gasteiger partial charge in [0, 0.05) is 12.4 Å². The van der Waals surface area contributed by atoms with Gasteiger partial charge in [0.25, 0.3) is 0 Å². The summed E-state index contributed by atoms with van der Waals surface area (Å²) < 4.78 is 12.9. The Balaban J connectivity index is 2.79. The first-order valence-corrected chi connectivity index (χ1v) is 3.89. The Morgan fingerprint density at radius 1 is 1.31 bits per heavy atom. The second-order valence-electron chi connectivity index (χ2n) is 2.63. The average molecular weight is 177 g/mol. The second kappa shape index (κ2) is 2.97.